The summed E-state index contributed by atoms with van der Waals surface area (Å²) in [5, 5.41) is 3.56. The van der Waals surface area contributed by atoms with Gasteiger partial charge >= 0.3 is 0 Å². The molecule has 1 aromatic rings. The van der Waals surface area contributed by atoms with E-state index in [0.717, 1.165) is 17.8 Å². The van der Waals surface area contributed by atoms with Crippen molar-refractivity contribution in [1.82, 2.24) is 5.32 Å². The van der Waals surface area contributed by atoms with E-state index in [4.69, 9.17) is 0 Å². The SMILES string of the molecule is CNC(c1cccc(CC(C)C)c1)C1CCC(C)C1. The van der Waals surface area contributed by atoms with Gasteiger partial charge in [-0.3, -0.25) is 0 Å². The van der Waals surface area contributed by atoms with E-state index in [9.17, 15) is 0 Å². The molecule has 1 aliphatic rings. The normalized spacial score (nSPS) is 24.9. The van der Waals surface area contributed by atoms with Crippen LogP contribution >= 0.6 is 0 Å². The zero-order valence-electron chi connectivity index (χ0n) is 12.9. The summed E-state index contributed by atoms with van der Waals surface area (Å²) in [5.74, 6) is 2.45. The number of hydrogen-bond acceptors (Lipinski definition) is 1. The quantitative estimate of drug-likeness (QED) is 0.816. The first-order valence-electron chi connectivity index (χ1n) is 7.86. The van der Waals surface area contributed by atoms with Gasteiger partial charge in [0.25, 0.3) is 0 Å². The van der Waals surface area contributed by atoms with Crippen LogP contribution in [0.1, 0.15) is 57.2 Å². The Balaban J connectivity index is 2.13. The number of nitrogens with one attached hydrogen (secondary N) is 1. The minimum atomic E-state index is 0.539. The predicted octanol–water partition coefficient (Wildman–Crippen LogP) is 4.58. The summed E-state index contributed by atoms with van der Waals surface area (Å²) in [5.41, 5.74) is 2.97. The molecule has 1 N–H and O–H groups in total. The Morgan fingerprint density at radius 3 is 2.63 bits per heavy atom. The Morgan fingerprint density at radius 1 is 1.26 bits per heavy atom. The maximum Gasteiger partial charge on any atom is 0.0346 e. The molecule has 0 amide bonds. The molecule has 0 bridgehead atoms. The highest BCUT2D eigenvalue weighted by atomic mass is 14.9. The largest absolute Gasteiger partial charge is 0.313 e. The molecule has 106 valence electrons. The molecule has 1 aliphatic carbocycles. The average Bonchev–Trinajstić information content (AvgIpc) is 2.76. The standard InChI is InChI=1S/C18H29N/c1-13(2)10-15-6-5-7-16(12-15)18(19-4)17-9-8-14(3)11-17/h5-7,12-14,17-19H,8-11H2,1-4H3. The Labute approximate surface area is 118 Å². The zero-order chi connectivity index (χ0) is 13.8. The molecule has 0 aliphatic heterocycles. The zero-order valence-corrected chi connectivity index (χ0v) is 12.9. The van der Waals surface area contributed by atoms with Gasteiger partial charge in [0.05, 0.1) is 0 Å². The third-order valence-corrected chi connectivity index (χ3v) is 4.47. The molecule has 0 saturated heterocycles. The van der Waals surface area contributed by atoms with Gasteiger partial charge in [0.15, 0.2) is 0 Å². The number of rotatable bonds is 5. The van der Waals surface area contributed by atoms with Gasteiger partial charge in [-0.1, -0.05) is 51.5 Å². The van der Waals surface area contributed by atoms with Gasteiger partial charge in [0.1, 0.15) is 0 Å². The lowest BCUT2D eigenvalue weighted by Crippen LogP contribution is -2.24. The van der Waals surface area contributed by atoms with Gasteiger partial charge in [0, 0.05) is 6.04 Å². The van der Waals surface area contributed by atoms with Gasteiger partial charge in [-0.05, 0) is 55.2 Å². The molecular formula is C18H29N. The Hall–Kier alpha value is -0.820. The minimum absolute atomic E-state index is 0.539. The third kappa shape index (κ3) is 3.82. The Bertz CT molecular complexity index is 396. The second kappa shape index (κ2) is 6.56. The van der Waals surface area contributed by atoms with E-state index in [0.29, 0.717) is 6.04 Å². The van der Waals surface area contributed by atoms with Crippen LogP contribution in [0.25, 0.3) is 0 Å². The highest BCUT2D eigenvalue weighted by molar-refractivity contribution is 5.27. The number of hydrogen-bond donors (Lipinski definition) is 1. The molecule has 3 atom stereocenters. The van der Waals surface area contributed by atoms with Crippen LogP contribution in [-0.2, 0) is 6.42 Å². The van der Waals surface area contributed by atoms with E-state index in [2.05, 4.69) is 57.4 Å². The monoisotopic (exact) mass is 259 g/mol. The second-order valence-electron chi connectivity index (χ2n) is 6.79. The molecule has 1 saturated carbocycles. The summed E-state index contributed by atoms with van der Waals surface area (Å²) in [6.45, 7) is 6.98. The first-order chi connectivity index (χ1) is 9.10. The van der Waals surface area contributed by atoms with Gasteiger partial charge in [0.2, 0.25) is 0 Å². The van der Waals surface area contributed by atoms with Crippen molar-refractivity contribution in [2.75, 3.05) is 7.05 Å². The van der Waals surface area contributed by atoms with Crippen LogP contribution in [0.3, 0.4) is 0 Å². The fourth-order valence-corrected chi connectivity index (χ4v) is 3.61. The summed E-state index contributed by atoms with van der Waals surface area (Å²) in [6, 6.07) is 9.76. The Morgan fingerprint density at radius 2 is 2.05 bits per heavy atom. The second-order valence-corrected chi connectivity index (χ2v) is 6.79. The van der Waals surface area contributed by atoms with Gasteiger partial charge < -0.3 is 5.32 Å². The summed E-state index contributed by atoms with van der Waals surface area (Å²) in [4.78, 5) is 0. The highest BCUT2D eigenvalue weighted by Gasteiger charge is 2.28. The number of benzene rings is 1. The maximum absolute atomic E-state index is 3.56. The molecule has 19 heavy (non-hydrogen) atoms. The van der Waals surface area contributed by atoms with Crippen molar-refractivity contribution in [3.8, 4) is 0 Å². The Kier molecular flexibility index (Phi) is 5.04. The molecule has 1 heteroatoms. The summed E-state index contributed by atoms with van der Waals surface area (Å²) in [7, 11) is 2.11. The molecule has 1 fully saturated rings. The van der Waals surface area contributed by atoms with Crippen LogP contribution in [0.5, 0.6) is 0 Å². The third-order valence-electron chi connectivity index (χ3n) is 4.47. The van der Waals surface area contributed by atoms with E-state index < -0.39 is 0 Å². The van der Waals surface area contributed by atoms with Gasteiger partial charge in [-0.2, -0.15) is 0 Å². The van der Waals surface area contributed by atoms with E-state index in [1.54, 1.807) is 0 Å². The summed E-state index contributed by atoms with van der Waals surface area (Å²) < 4.78 is 0. The fraction of sp³-hybridized carbons (Fsp3) is 0.667. The highest BCUT2D eigenvalue weighted by Crippen LogP contribution is 2.38. The molecule has 0 aromatic heterocycles. The van der Waals surface area contributed by atoms with Crippen LogP contribution in [0.4, 0.5) is 0 Å². The maximum atomic E-state index is 3.56. The molecular weight excluding hydrogens is 230 g/mol. The summed E-state index contributed by atoms with van der Waals surface area (Å²) >= 11 is 0. The van der Waals surface area contributed by atoms with E-state index >= 15 is 0 Å². The van der Waals surface area contributed by atoms with Crippen molar-refractivity contribution >= 4 is 0 Å². The summed E-state index contributed by atoms with van der Waals surface area (Å²) in [6.07, 6.45) is 5.33. The van der Waals surface area contributed by atoms with E-state index in [1.165, 1.54) is 36.8 Å². The van der Waals surface area contributed by atoms with Crippen LogP contribution in [0.15, 0.2) is 24.3 Å². The van der Waals surface area contributed by atoms with E-state index in [-0.39, 0.29) is 0 Å². The molecule has 2 rings (SSSR count). The molecule has 0 spiro atoms. The fourth-order valence-electron chi connectivity index (χ4n) is 3.61. The minimum Gasteiger partial charge on any atom is -0.313 e. The van der Waals surface area contributed by atoms with Crippen LogP contribution in [-0.4, -0.2) is 7.05 Å². The molecule has 1 nitrogen and oxygen atoms in total. The van der Waals surface area contributed by atoms with Crippen LogP contribution in [0, 0.1) is 17.8 Å². The van der Waals surface area contributed by atoms with Crippen molar-refractivity contribution < 1.29 is 0 Å². The first-order valence-corrected chi connectivity index (χ1v) is 7.86. The molecule has 0 radical (unpaired) electrons. The molecule has 3 unspecified atom stereocenters. The average molecular weight is 259 g/mol. The van der Waals surface area contributed by atoms with Crippen molar-refractivity contribution in [1.29, 1.82) is 0 Å². The van der Waals surface area contributed by atoms with Crippen LogP contribution < -0.4 is 5.32 Å². The predicted molar refractivity (Wildman–Crippen MR) is 83.3 cm³/mol. The smallest absolute Gasteiger partial charge is 0.0346 e. The topological polar surface area (TPSA) is 12.0 Å². The van der Waals surface area contributed by atoms with Gasteiger partial charge in [-0.25, -0.2) is 0 Å². The molecule has 1 aromatic carbocycles. The van der Waals surface area contributed by atoms with Crippen molar-refractivity contribution in [2.24, 2.45) is 17.8 Å². The van der Waals surface area contributed by atoms with Crippen molar-refractivity contribution in [3.05, 3.63) is 35.4 Å². The van der Waals surface area contributed by atoms with Gasteiger partial charge in [-0.15, -0.1) is 0 Å². The lowest BCUT2D eigenvalue weighted by molar-refractivity contribution is 0.379. The van der Waals surface area contributed by atoms with E-state index in [1.807, 2.05) is 0 Å². The molecule has 0 heterocycles. The lowest BCUT2D eigenvalue weighted by Gasteiger charge is -2.24. The lowest BCUT2D eigenvalue weighted by atomic mass is 9.89. The van der Waals surface area contributed by atoms with Crippen LogP contribution in [0.2, 0.25) is 0 Å². The van der Waals surface area contributed by atoms with Crippen molar-refractivity contribution in [3.63, 3.8) is 0 Å². The first kappa shape index (κ1) is 14.6. The van der Waals surface area contributed by atoms with Crippen molar-refractivity contribution in [2.45, 2.75) is 52.5 Å².